The molecule has 118 valence electrons. The van der Waals surface area contributed by atoms with Crippen molar-refractivity contribution in [2.24, 2.45) is 5.84 Å². The summed E-state index contributed by atoms with van der Waals surface area (Å²) in [5.74, 6) is 6.79. The first-order chi connectivity index (χ1) is 10.2. The Bertz CT molecular complexity index is 440. The number of hydrogen-bond acceptors (Lipinski definition) is 9. The molecule has 21 heavy (non-hydrogen) atoms. The first kappa shape index (κ1) is 15.7. The van der Waals surface area contributed by atoms with E-state index < -0.39 is 6.10 Å². The predicted molar refractivity (Wildman–Crippen MR) is 80.1 cm³/mol. The summed E-state index contributed by atoms with van der Waals surface area (Å²) in [4.78, 5) is 14.9. The van der Waals surface area contributed by atoms with Crippen molar-refractivity contribution in [1.29, 1.82) is 0 Å². The van der Waals surface area contributed by atoms with Gasteiger partial charge >= 0.3 is 0 Å². The van der Waals surface area contributed by atoms with Crippen molar-refractivity contribution in [2.75, 3.05) is 49.0 Å². The molecular formula is C12H23N7O2. The average Bonchev–Trinajstić information content (AvgIpc) is 3.01. The molecule has 0 aliphatic carbocycles. The van der Waals surface area contributed by atoms with Crippen LogP contribution >= 0.6 is 0 Å². The van der Waals surface area contributed by atoms with E-state index in [2.05, 4.69) is 30.6 Å². The van der Waals surface area contributed by atoms with Gasteiger partial charge in [-0.2, -0.15) is 15.0 Å². The van der Waals surface area contributed by atoms with E-state index in [0.717, 1.165) is 25.9 Å². The summed E-state index contributed by atoms with van der Waals surface area (Å²) in [6.45, 7) is 2.74. The van der Waals surface area contributed by atoms with Gasteiger partial charge in [-0.15, -0.1) is 0 Å². The number of ether oxygens (including phenoxy) is 1. The van der Waals surface area contributed by atoms with E-state index in [9.17, 15) is 5.11 Å². The number of nitrogens with one attached hydrogen (secondary N) is 2. The molecule has 2 rings (SSSR count). The Kier molecular flexibility index (Phi) is 5.90. The van der Waals surface area contributed by atoms with Crippen LogP contribution in [0.1, 0.15) is 19.3 Å². The van der Waals surface area contributed by atoms with Crippen LogP contribution in [0.4, 0.5) is 17.8 Å². The normalized spacial score (nSPS) is 16.0. The molecule has 1 aromatic rings. The van der Waals surface area contributed by atoms with E-state index in [0.29, 0.717) is 37.4 Å². The number of aromatic nitrogens is 3. The van der Waals surface area contributed by atoms with Crippen molar-refractivity contribution >= 4 is 17.8 Å². The second kappa shape index (κ2) is 7.91. The van der Waals surface area contributed by atoms with Gasteiger partial charge in [-0.05, 0) is 19.3 Å². The SMILES string of the molecule is COCC(O)CCNc1nc(NN)nc(N2CCCC2)n1. The summed E-state index contributed by atoms with van der Waals surface area (Å²) in [5, 5.41) is 12.7. The quantitative estimate of drug-likeness (QED) is 0.374. The van der Waals surface area contributed by atoms with Crippen LogP contribution in [0.2, 0.25) is 0 Å². The zero-order valence-corrected chi connectivity index (χ0v) is 12.2. The van der Waals surface area contributed by atoms with E-state index in [4.69, 9.17) is 10.6 Å². The van der Waals surface area contributed by atoms with Crippen LogP contribution in [0.15, 0.2) is 0 Å². The minimum Gasteiger partial charge on any atom is -0.391 e. The third kappa shape index (κ3) is 4.66. The van der Waals surface area contributed by atoms with Crippen LogP contribution in [0, 0.1) is 0 Å². The average molecular weight is 297 g/mol. The standard InChI is InChI=1S/C12H23N7O2/c1-21-8-9(20)4-5-14-10-15-11(18-13)17-12(16-10)19-6-2-3-7-19/h9,20H,2-8,13H2,1H3,(H2,14,15,16,17,18). The number of nitrogen functional groups attached to an aromatic ring is 1. The highest BCUT2D eigenvalue weighted by molar-refractivity contribution is 5.43. The summed E-state index contributed by atoms with van der Waals surface area (Å²) in [5.41, 5.74) is 2.45. The molecule has 0 saturated carbocycles. The van der Waals surface area contributed by atoms with Crippen molar-refractivity contribution in [3.63, 3.8) is 0 Å². The lowest BCUT2D eigenvalue weighted by atomic mass is 10.3. The lowest BCUT2D eigenvalue weighted by Gasteiger charge is -2.17. The van der Waals surface area contributed by atoms with Crippen molar-refractivity contribution in [1.82, 2.24) is 15.0 Å². The first-order valence-corrected chi connectivity index (χ1v) is 7.11. The summed E-state index contributed by atoms with van der Waals surface area (Å²) >= 11 is 0. The van der Waals surface area contributed by atoms with Gasteiger partial charge in [0.1, 0.15) is 0 Å². The Balaban J connectivity index is 1.96. The summed E-state index contributed by atoms with van der Waals surface area (Å²) < 4.78 is 4.88. The molecule has 1 aliphatic heterocycles. The van der Waals surface area contributed by atoms with Gasteiger partial charge in [0.05, 0.1) is 12.7 Å². The van der Waals surface area contributed by atoms with Crippen LogP contribution in [-0.2, 0) is 4.74 Å². The maximum atomic E-state index is 9.60. The molecule has 9 nitrogen and oxygen atoms in total. The fraction of sp³-hybridized carbons (Fsp3) is 0.750. The van der Waals surface area contributed by atoms with Gasteiger partial charge in [0.15, 0.2) is 0 Å². The number of anilines is 3. The van der Waals surface area contributed by atoms with Crippen molar-refractivity contribution < 1.29 is 9.84 Å². The molecule has 1 unspecified atom stereocenters. The molecule has 0 spiro atoms. The molecule has 0 amide bonds. The number of rotatable bonds is 8. The van der Waals surface area contributed by atoms with Crippen LogP contribution < -0.4 is 21.5 Å². The van der Waals surface area contributed by atoms with Gasteiger partial charge in [0.2, 0.25) is 17.8 Å². The lowest BCUT2D eigenvalue weighted by Crippen LogP contribution is -2.24. The van der Waals surface area contributed by atoms with Gasteiger partial charge in [0, 0.05) is 26.7 Å². The smallest absolute Gasteiger partial charge is 0.243 e. The molecule has 1 atom stereocenters. The Morgan fingerprint density at radius 2 is 2.00 bits per heavy atom. The zero-order chi connectivity index (χ0) is 15.1. The molecule has 1 aliphatic rings. The summed E-state index contributed by atoms with van der Waals surface area (Å²) in [7, 11) is 1.56. The number of aliphatic hydroxyl groups is 1. The van der Waals surface area contributed by atoms with E-state index in [-0.39, 0.29) is 0 Å². The Hall–Kier alpha value is -1.71. The maximum absolute atomic E-state index is 9.60. The monoisotopic (exact) mass is 297 g/mol. The van der Waals surface area contributed by atoms with E-state index in [1.54, 1.807) is 7.11 Å². The molecule has 5 N–H and O–H groups in total. The fourth-order valence-electron chi connectivity index (χ4n) is 2.19. The van der Waals surface area contributed by atoms with Gasteiger partial charge in [0.25, 0.3) is 0 Å². The first-order valence-electron chi connectivity index (χ1n) is 7.11. The van der Waals surface area contributed by atoms with Crippen molar-refractivity contribution in [3.05, 3.63) is 0 Å². The van der Waals surface area contributed by atoms with Gasteiger partial charge in [-0.1, -0.05) is 0 Å². The van der Waals surface area contributed by atoms with E-state index >= 15 is 0 Å². The minimum atomic E-state index is -0.505. The number of hydrogen-bond donors (Lipinski definition) is 4. The minimum absolute atomic E-state index is 0.313. The highest BCUT2D eigenvalue weighted by Gasteiger charge is 2.17. The molecule has 0 bridgehead atoms. The van der Waals surface area contributed by atoms with Crippen LogP contribution in [-0.4, -0.2) is 59.5 Å². The fourth-order valence-corrected chi connectivity index (χ4v) is 2.19. The second-order valence-corrected chi connectivity index (χ2v) is 4.95. The highest BCUT2D eigenvalue weighted by Crippen LogP contribution is 2.18. The topological polar surface area (TPSA) is 121 Å². The molecule has 1 saturated heterocycles. The molecule has 0 aromatic carbocycles. The maximum Gasteiger partial charge on any atom is 0.243 e. The third-order valence-corrected chi connectivity index (χ3v) is 3.26. The van der Waals surface area contributed by atoms with Crippen molar-refractivity contribution in [2.45, 2.75) is 25.4 Å². The Morgan fingerprint density at radius 3 is 2.67 bits per heavy atom. The van der Waals surface area contributed by atoms with E-state index in [1.165, 1.54) is 0 Å². The molecule has 2 heterocycles. The third-order valence-electron chi connectivity index (χ3n) is 3.26. The number of nitrogens with zero attached hydrogens (tertiary/aromatic N) is 4. The summed E-state index contributed by atoms with van der Waals surface area (Å²) in [6.07, 6.45) is 2.32. The van der Waals surface area contributed by atoms with Crippen molar-refractivity contribution in [3.8, 4) is 0 Å². The van der Waals surface area contributed by atoms with E-state index in [1.807, 2.05) is 0 Å². The van der Waals surface area contributed by atoms with Gasteiger partial charge in [-0.3, -0.25) is 5.43 Å². The highest BCUT2D eigenvalue weighted by atomic mass is 16.5. The van der Waals surface area contributed by atoms with Crippen LogP contribution in [0.5, 0.6) is 0 Å². The number of aliphatic hydroxyl groups excluding tert-OH is 1. The second-order valence-electron chi connectivity index (χ2n) is 4.95. The Labute approximate surface area is 123 Å². The van der Waals surface area contributed by atoms with Crippen LogP contribution in [0.25, 0.3) is 0 Å². The van der Waals surface area contributed by atoms with Crippen LogP contribution in [0.3, 0.4) is 0 Å². The molecule has 1 fully saturated rings. The zero-order valence-electron chi connectivity index (χ0n) is 12.2. The number of hydrazine groups is 1. The molecule has 0 radical (unpaired) electrons. The summed E-state index contributed by atoms with van der Waals surface area (Å²) in [6, 6.07) is 0. The molecule has 9 heteroatoms. The van der Waals surface area contributed by atoms with Gasteiger partial charge < -0.3 is 20.1 Å². The largest absolute Gasteiger partial charge is 0.391 e. The molecular weight excluding hydrogens is 274 g/mol. The van der Waals surface area contributed by atoms with Gasteiger partial charge in [-0.25, -0.2) is 5.84 Å². The lowest BCUT2D eigenvalue weighted by molar-refractivity contribution is 0.0615. The Morgan fingerprint density at radius 1 is 1.29 bits per heavy atom. The number of nitrogens with two attached hydrogens (primary N) is 1. The molecule has 1 aromatic heterocycles. The number of methoxy groups -OCH3 is 1. The predicted octanol–water partition coefficient (Wildman–Crippen LogP) is -0.433.